The van der Waals surface area contributed by atoms with Crippen molar-refractivity contribution in [3.63, 3.8) is 0 Å². The fourth-order valence-corrected chi connectivity index (χ4v) is 5.32. The van der Waals surface area contributed by atoms with Crippen molar-refractivity contribution in [2.75, 3.05) is 44.7 Å². The molecular weight excluding hydrogens is 475 g/mol. The van der Waals surface area contributed by atoms with E-state index in [1.165, 1.54) is 13.5 Å². The summed E-state index contributed by atoms with van der Waals surface area (Å²) in [5, 5.41) is 7.05. The van der Waals surface area contributed by atoms with E-state index in [1.807, 2.05) is 32.0 Å². The SMILES string of the molecule is COC(=O)C(NC(=O)N[C@H]1CC[C@H](CCN2CCN(c3cccc(Cl)c3Cl)CC2)CC1)C(C)C. The van der Waals surface area contributed by atoms with E-state index in [0.717, 1.165) is 64.1 Å². The second kappa shape index (κ2) is 12.8. The van der Waals surface area contributed by atoms with Crippen LogP contribution >= 0.6 is 23.2 Å². The third-order valence-corrected chi connectivity index (χ3v) is 7.90. The maximum Gasteiger partial charge on any atom is 0.328 e. The summed E-state index contributed by atoms with van der Waals surface area (Å²) >= 11 is 12.6. The Morgan fingerprint density at radius 1 is 1.09 bits per heavy atom. The molecule has 1 unspecified atom stereocenters. The first kappa shape index (κ1) is 26.9. The lowest BCUT2D eigenvalue weighted by Gasteiger charge is -2.37. The quantitative estimate of drug-likeness (QED) is 0.499. The maximum atomic E-state index is 12.4. The number of urea groups is 1. The smallest absolute Gasteiger partial charge is 0.328 e. The summed E-state index contributed by atoms with van der Waals surface area (Å²) in [7, 11) is 1.34. The molecule has 0 radical (unpaired) electrons. The minimum atomic E-state index is -0.628. The fraction of sp³-hybridized carbons (Fsp3) is 0.680. The number of hydrogen-bond donors (Lipinski definition) is 2. The maximum absolute atomic E-state index is 12.4. The summed E-state index contributed by atoms with van der Waals surface area (Å²) in [5.74, 6) is 0.253. The molecule has 1 aromatic rings. The fourth-order valence-electron chi connectivity index (χ4n) is 4.90. The van der Waals surface area contributed by atoms with E-state index in [-0.39, 0.29) is 18.0 Å². The van der Waals surface area contributed by atoms with Gasteiger partial charge in [-0.1, -0.05) is 43.1 Å². The Labute approximate surface area is 213 Å². The Kier molecular flexibility index (Phi) is 10.2. The van der Waals surface area contributed by atoms with Crippen LogP contribution in [0.15, 0.2) is 18.2 Å². The molecule has 2 fully saturated rings. The monoisotopic (exact) mass is 512 g/mol. The molecule has 1 aliphatic carbocycles. The number of amides is 2. The van der Waals surface area contributed by atoms with Crippen molar-refractivity contribution in [2.45, 2.75) is 58.0 Å². The van der Waals surface area contributed by atoms with E-state index >= 15 is 0 Å². The number of nitrogens with one attached hydrogen (secondary N) is 2. The predicted octanol–water partition coefficient (Wildman–Crippen LogP) is 4.56. The van der Waals surface area contributed by atoms with Gasteiger partial charge >= 0.3 is 12.0 Å². The van der Waals surface area contributed by atoms with Crippen LogP contribution in [0, 0.1) is 11.8 Å². The highest BCUT2D eigenvalue weighted by Crippen LogP contribution is 2.33. The van der Waals surface area contributed by atoms with E-state index in [1.54, 1.807) is 0 Å². The number of anilines is 1. The van der Waals surface area contributed by atoms with Crippen LogP contribution in [0.25, 0.3) is 0 Å². The Morgan fingerprint density at radius 3 is 2.38 bits per heavy atom. The first-order valence-electron chi connectivity index (χ1n) is 12.3. The van der Waals surface area contributed by atoms with Gasteiger partial charge in [0.2, 0.25) is 0 Å². The molecule has 0 aromatic heterocycles. The van der Waals surface area contributed by atoms with Crippen LogP contribution in [0.1, 0.15) is 46.0 Å². The molecule has 9 heteroatoms. The number of benzene rings is 1. The number of rotatable bonds is 8. The van der Waals surface area contributed by atoms with Crippen molar-refractivity contribution in [2.24, 2.45) is 11.8 Å². The zero-order chi connectivity index (χ0) is 24.7. The average molecular weight is 514 g/mol. The van der Waals surface area contributed by atoms with Crippen LogP contribution in [0.5, 0.6) is 0 Å². The van der Waals surface area contributed by atoms with Crippen molar-refractivity contribution in [1.82, 2.24) is 15.5 Å². The average Bonchev–Trinajstić information content (AvgIpc) is 2.83. The van der Waals surface area contributed by atoms with Gasteiger partial charge in [-0.15, -0.1) is 0 Å². The van der Waals surface area contributed by atoms with Crippen LogP contribution in [0.2, 0.25) is 10.0 Å². The highest BCUT2D eigenvalue weighted by atomic mass is 35.5. The van der Waals surface area contributed by atoms with E-state index in [0.29, 0.717) is 16.0 Å². The number of piperazine rings is 1. The molecule has 0 bridgehead atoms. The summed E-state index contributed by atoms with van der Waals surface area (Å²) in [6, 6.07) is 5.06. The Balaban J connectivity index is 1.34. The highest BCUT2D eigenvalue weighted by Gasteiger charge is 2.28. The van der Waals surface area contributed by atoms with E-state index in [2.05, 4.69) is 20.4 Å². The standard InChI is InChI=1S/C25H38Cl2N4O3/c1-17(2)23(24(32)34-3)29-25(33)28-19-9-7-18(8-10-19)11-12-30-13-15-31(16-14-30)21-6-4-5-20(26)22(21)27/h4-6,17-19,23H,7-16H2,1-3H3,(H2,28,29,33)/t18-,19-,23?. The number of nitrogens with zero attached hydrogens (tertiary/aromatic N) is 2. The van der Waals surface area contributed by atoms with E-state index in [4.69, 9.17) is 27.9 Å². The predicted molar refractivity (Wildman–Crippen MR) is 138 cm³/mol. The molecule has 0 spiro atoms. The van der Waals surface area contributed by atoms with Crippen LogP contribution < -0.4 is 15.5 Å². The minimum absolute atomic E-state index is 0.0294. The first-order chi connectivity index (χ1) is 16.3. The van der Waals surface area contributed by atoms with Gasteiger partial charge in [-0.3, -0.25) is 4.90 Å². The van der Waals surface area contributed by atoms with Crippen molar-refractivity contribution in [3.8, 4) is 0 Å². The lowest BCUT2D eigenvalue weighted by molar-refractivity contribution is -0.144. The van der Waals surface area contributed by atoms with E-state index in [9.17, 15) is 9.59 Å². The summed E-state index contributed by atoms with van der Waals surface area (Å²) in [6.07, 6.45) is 5.38. The number of carbonyl (C=O) groups is 2. The Hall–Kier alpha value is -1.70. The number of esters is 1. The molecule has 2 amide bonds. The van der Waals surface area contributed by atoms with Crippen LogP contribution in [-0.2, 0) is 9.53 Å². The molecule has 1 aromatic carbocycles. The topological polar surface area (TPSA) is 73.9 Å². The molecule has 1 aliphatic heterocycles. The molecular formula is C25H38Cl2N4O3. The van der Waals surface area contributed by atoms with Crippen molar-refractivity contribution < 1.29 is 14.3 Å². The third kappa shape index (κ3) is 7.40. The summed E-state index contributed by atoms with van der Waals surface area (Å²) in [6.45, 7) is 8.84. The molecule has 190 valence electrons. The minimum Gasteiger partial charge on any atom is -0.467 e. The van der Waals surface area contributed by atoms with Crippen molar-refractivity contribution >= 4 is 40.9 Å². The van der Waals surface area contributed by atoms with Crippen LogP contribution in [0.3, 0.4) is 0 Å². The molecule has 1 heterocycles. The van der Waals surface area contributed by atoms with Crippen molar-refractivity contribution in [1.29, 1.82) is 0 Å². The second-order valence-corrected chi connectivity index (χ2v) is 10.6. The Morgan fingerprint density at radius 2 is 1.76 bits per heavy atom. The van der Waals surface area contributed by atoms with E-state index < -0.39 is 12.0 Å². The second-order valence-electron chi connectivity index (χ2n) is 9.77. The van der Waals surface area contributed by atoms with Gasteiger partial charge in [0.1, 0.15) is 6.04 Å². The zero-order valence-electron chi connectivity index (χ0n) is 20.5. The molecule has 3 rings (SSSR count). The van der Waals surface area contributed by atoms with Gasteiger partial charge in [0.25, 0.3) is 0 Å². The molecule has 1 saturated carbocycles. The molecule has 34 heavy (non-hydrogen) atoms. The highest BCUT2D eigenvalue weighted by molar-refractivity contribution is 6.43. The number of carbonyl (C=O) groups excluding carboxylic acids is 2. The Bertz CT molecular complexity index is 822. The molecule has 7 nitrogen and oxygen atoms in total. The van der Waals surface area contributed by atoms with Gasteiger partial charge in [-0.25, -0.2) is 9.59 Å². The lowest BCUT2D eigenvalue weighted by Crippen LogP contribution is -2.51. The molecule has 2 aliphatic rings. The number of hydrogen-bond acceptors (Lipinski definition) is 5. The largest absolute Gasteiger partial charge is 0.467 e. The van der Waals surface area contributed by atoms with Gasteiger partial charge in [0, 0.05) is 32.2 Å². The summed E-state index contributed by atoms with van der Waals surface area (Å²) in [4.78, 5) is 29.1. The zero-order valence-corrected chi connectivity index (χ0v) is 22.0. The number of halogens is 2. The van der Waals surface area contributed by atoms with Gasteiger partial charge in [-0.05, 0) is 62.6 Å². The normalized spacial score (nSPS) is 22.4. The molecule has 2 N–H and O–H groups in total. The third-order valence-electron chi connectivity index (χ3n) is 7.09. The van der Waals surface area contributed by atoms with Gasteiger partial charge in [-0.2, -0.15) is 0 Å². The molecule has 1 saturated heterocycles. The van der Waals surface area contributed by atoms with Gasteiger partial charge in [0.15, 0.2) is 0 Å². The first-order valence-corrected chi connectivity index (χ1v) is 13.1. The van der Waals surface area contributed by atoms with Crippen LogP contribution in [-0.4, -0.2) is 68.8 Å². The van der Waals surface area contributed by atoms with Gasteiger partial charge < -0.3 is 20.3 Å². The summed E-state index contributed by atoms with van der Waals surface area (Å²) in [5.41, 5.74) is 1.02. The van der Waals surface area contributed by atoms with Crippen molar-refractivity contribution in [3.05, 3.63) is 28.2 Å². The van der Waals surface area contributed by atoms with Gasteiger partial charge in [0.05, 0.1) is 22.8 Å². The van der Waals surface area contributed by atoms with Crippen LogP contribution in [0.4, 0.5) is 10.5 Å². The molecule has 1 atom stereocenters. The summed E-state index contributed by atoms with van der Waals surface area (Å²) < 4.78 is 4.79. The number of ether oxygens (including phenoxy) is 1. The lowest BCUT2D eigenvalue weighted by atomic mass is 9.84. The number of methoxy groups -OCH3 is 1.